The summed E-state index contributed by atoms with van der Waals surface area (Å²) in [6.45, 7) is 9.60. The molecule has 11 heteroatoms. The largest absolute Gasteiger partial charge is 0.454 e. The third-order valence-electron chi connectivity index (χ3n) is 8.19. The Morgan fingerprint density at radius 2 is 1.80 bits per heavy atom. The van der Waals surface area contributed by atoms with E-state index in [9.17, 15) is 37.1 Å². The molecule has 2 amide bonds. The molecule has 3 rings (SSSR count). The number of amides is 2. The van der Waals surface area contributed by atoms with E-state index >= 15 is 0 Å². The minimum Gasteiger partial charge on any atom is -0.454 e. The molecule has 2 aliphatic rings. The Balaban J connectivity index is 1.53. The van der Waals surface area contributed by atoms with Crippen LogP contribution >= 0.6 is 0 Å². The van der Waals surface area contributed by atoms with Crippen LogP contribution in [0.25, 0.3) is 0 Å². The van der Waals surface area contributed by atoms with Gasteiger partial charge in [-0.1, -0.05) is 63.3 Å². The number of aryl methyl sites for hydroxylation is 1. The summed E-state index contributed by atoms with van der Waals surface area (Å²) < 4.78 is 45.1. The number of halogens is 3. The van der Waals surface area contributed by atoms with Crippen LogP contribution in [0, 0.1) is 24.7 Å². The number of hydrogen-bond donors (Lipinski definition) is 2. The maximum absolute atomic E-state index is 13.4. The molecular formula is C34H41F3N2O6. The van der Waals surface area contributed by atoms with Gasteiger partial charge in [-0.15, -0.1) is 0 Å². The molecule has 1 fully saturated rings. The van der Waals surface area contributed by atoms with Crippen LogP contribution in [-0.2, 0) is 30.1 Å². The number of esters is 1. The number of Topliss-reactive ketones (excluding diaryl/α,β-unsaturated/α-hetero) is 2. The average Bonchev–Trinajstić information content (AvgIpc) is 3.80. The van der Waals surface area contributed by atoms with Crippen molar-refractivity contribution in [1.29, 1.82) is 0 Å². The Hall–Kier alpha value is -4.02. The Morgan fingerprint density at radius 3 is 2.40 bits per heavy atom. The number of benzene rings is 1. The minimum absolute atomic E-state index is 0.0430. The number of ether oxygens (including phenoxy) is 1. The number of rotatable bonds is 15. The molecule has 2 aliphatic carbocycles. The van der Waals surface area contributed by atoms with Crippen LogP contribution in [0.4, 0.5) is 13.2 Å². The highest BCUT2D eigenvalue weighted by Gasteiger charge is 2.49. The number of carbonyl (C=O) groups is 5. The minimum atomic E-state index is -4.79. The van der Waals surface area contributed by atoms with Crippen LogP contribution in [-0.4, -0.2) is 48.0 Å². The first-order valence-corrected chi connectivity index (χ1v) is 15.2. The van der Waals surface area contributed by atoms with Crippen molar-refractivity contribution in [1.82, 2.24) is 10.6 Å². The quantitative estimate of drug-likeness (QED) is 0.193. The molecule has 0 spiro atoms. The maximum atomic E-state index is 13.4. The Kier molecular flexibility index (Phi) is 12.1. The number of ketones is 2. The van der Waals surface area contributed by atoms with E-state index in [0.29, 0.717) is 12.8 Å². The molecule has 4 unspecified atom stereocenters. The Morgan fingerprint density at radius 1 is 1.09 bits per heavy atom. The summed E-state index contributed by atoms with van der Waals surface area (Å²) in [6, 6.07) is 1.45. The summed E-state index contributed by atoms with van der Waals surface area (Å²) >= 11 is 0. The zero-order valence-electron chi connectivity index (χ0n) is 26.1. The number of hydrogen-bond acceptors (Lipinski definition) is 6. The Labute approximate surface area is 261 Å². The second kappa shape index (κ2) is 15.3. The molecular weight excluding hydrogens is 589 g/mol. The monoisotopic (exact) mass is 630 g/mol. The summed E-state index contributed by atoms with van der Waals surface area (Å²) in [5.74, 6) is -4.18. The van der Waals surface area contributed by atoms with Gasteiger partial charge in [-0.2, -0.15) is 13.2 Å². The van der Waals surface area contributed by atoms with Crippen molar-refractivity contribution in [2.75, 3.05) is 6.61 Å². The molecule has 45 heavy (non-hydrogen) atoms. The van der Waals surface area contributed by atoms with Crippen LogP contribution in [0.1, 0.15) is 80.8 Å². The molecule has 0 aliphatic heterocycles. The molecule has 0 saturated heterocycles. The molecule has 0 radical (unpaired) electrons. The highest BCUT2D eigenvalue weighted by atomic mass is 19.4. The molecule has 4 atom stereocenters. The van der Waals surface area contributed by atoms with Crippen LogP contribution in [0.2, 0.25) is 0 Å². The molecule has 0 heterocycles. The van der Waals surface area contributed by atoms with Crippen LogP contribution in [0.3, 0.4) is 0 Å². The van der Waals surface area contributed by atoms with E-state index in [1.54, 1.807) is 6.92 Å². The standard InChI is InChI=1S/C34H41F3N2O6/c1-6-26(27(40)18-45-33(44)29-20(4)11-10-14-25(29)34(35,36)37)38-32(43)21(5)23-17-24(23)31(42)30(19(2)3)39-28(41)16-15-22-12-8-7-9-13-22/h7-8,10-12,14,19,23-24,26,30H,5-6,9,13,15-18H2,1-4H3,(H,38,43)(H,39,41). The van der Waals surface area contributed by atoms with Gasteiger partial charge >= 0.3 is 12.1 Å². The van der Waals surface area contributed by atoms with E-state index in [-0.39, 0.29) is 41.6 Å². The van der Waals surface area contributed by atoms with Crippen molar-refractivity contribution >= 4 is 29.4 Å². The third kappa shape index (κ3) is 9.48. The predicted molar refractivity (Wildman–Crippen MR) is 162 cm³/mol. The lowest BCUT2D eigenvalue weighted by atomic mass is 9.94. The summed E-state index contributed by atoms with van der Waals surface area (Å²) in [7, 11) is 0. The lowest BCUT2D eigenvalue weighted by Gasteiger charge is -2.22. The molecule has 1 saturated carbocycles. The smallest absolute Gasteiger partial charge is 0.417 e. The van der Waals surface area contributed by atoms with E-state index in [2.05, 4.69) is 23.3 Å². The molecule has 2 N–H and O–H groups in total. The van der Waals surface area contributed by atoms with Gasteiger partial charge in [0, 0.05) is 17.9 Å². The fourth-order valence-corrected chi connectivity index (χ4v) is 5.39. The van der Waals surface area contributed by atoms with Gasteiger partial charge in [0.1, 0.15) is 0 Å². The van der Waals surface area contributed by atoms with E-state index in [0.717, 1.165) is 18.9 Å². The first kappa shape index (κ1) is 35.5. The predicted octanol–water partition coefficient (Wildman–Crippen LogP) is 5.59. The van der Waals surface area contributed by atoms with Crippen molar-refractivity contribution in [3.05, 3.63) is 70.8 Å². The van der Waals surface area contributed by atoms with E-state index < -0.39 is 65.5 Å². The van der Waals surface area contributed by atoms with Crippen molar-refractivity contribution < 1.29 is 41.9 Å². The number of alkyl halides is 3. The lowest BCUT2D eigenvalue weighted by molar-refractivity contribution is -0.138. The third-order valence-corrected chi connectivity index (χ3v) is 8.19. The normalized spacial score (nSPS) is 18.8. The SMILES string of the molecule is C=C(C(=O)NC(CC)C(=O)COC(=O)c1c(C)cccc1C(F)(F)F)C1CC1C(=O)C(NC(=O)CCC1=CC=CCC1)C(C)C. The summed E-state index contributed by atoms with van der Waals surface area (Å²) in [5.41, 5.74) is -0.505. The van der Waals surface area contributed by atoms with Gasteiger partial charge in [-0.3, -0.25) is 19.2 Å². The number of allylic oxidation sites excluding steroid dienone is 4. The number of carbonyl (C=O) groups excluding carboxylic acids is 5. The first-order valence-electron chi connectivity index (χ1n) is 15.2. The van der Waals surface area contributed by atoms with Gasteiger partial charge in [0.2, 0.25) is 11.8 Å². The average molecular weight is 631 g/mol. The number of nitrogens with one attached hydrogen (secondary N) is 2. The van der Waals surface area contributed by atoms with Gasteiger partial charge in [-0.25, -0.2) is 4.79 Å². The maximum Gasteiger partial charge on any atom is 0.417 e. The second-order valence-corrected chi connectivity index (χ2v) is 11.9. The van der Waals surface area contributed by atoms with Crippen molar-refractivity contribution in [3.8, 4) is 0 Å². The van der Waals surface area contributed by atoms with E-state index in [1.807, 2.05) is 26.0 Å². The fraction of sp³-hybridized carbons (Fsp3) is 0.500. The lowest BCUT2D eigenvalue weighted by Crippen LogP contribution is -2.45. The molecule has 1 aromatic carbocycles. The summed E-state index contributed by atoms with van der Waals surface area (Å²) in [5, 5.41) is 5.40. The van der Waals surface area contributed by atoms with Gasteiger partial charge in [0.05, 0.1) is 23.2 Å². The summed E-state index contributed by atoms with van der Waals surface area (Å²) in [4.78, 5) is 64.2. The highest BCUT2D eigenvalue weighted by Crippen LogP contribution is 2.45. The second-order valence-electron chi connectivity index (χ2n) is 11.9. The zero-order valence-corrected chi connectivity index (χ0v) is 26.1. The molecule has 244 valence electrons. The van der Waals surface area contributed by atoms with Gasteiger partial charge in [-0.05, 0) is 62.5 Å². The molecule has 1 aromatic rings. The zero-order chi connectivity index (χ0) is 33.5. The fourth-order valence-electron chi connectivity index (χ4n) is 5.39. The highest BCUT2D eigenvalue weighted by molar-refractivity contribution is 6.01. The van der Waals surface area contributed by atoms with Crippen molar-refractivity contribution in [2.45, 2.75) is 84.5 Å². The van der Waals surface area contributed by atoms with Gasteiger partial charge < -0.3 is 15.4 Å². The van der Waals surface area contributed by atoms with E-state index in [1.165, 1.54) is 24.6 Å². The van der Waals surface area contributed by atoms with Crippen LogP contribution in [0.15, 0.2) is 54.2 Å². The molecule has 8 nitrogen and oxygen atoms in total. The topological polar surface area (TPSA) is 119 Å². The molecule has 0 bridgehead atoms. The van der Waals surface area contributed by atoms with Crippen molar-refractivity contribution in [2.24, 2.45) is 17.8 Å². The summed E-state index contributed by atoms with van der Waals surface area (Å²) in [6.07, 6.45) is 4.51. The van der Waals surface area contributed by atoms with E-state index in [4.69, 9.17) is 4.74 Å². The van der Waals surface area contributed by atoms with Crippen LogP contribution < -0.4 is 10.6 Å². The first-order chi connectivity index (χ1) is 21.1. The van der Waals surface area contributed by atoms with Crippen molar-refractivity contribution in [3.63, 3.8) is 0 Å². The van der Waals surface area contributed by atoms with Crippen LogP contribution in [0.5, 0.6) is 0 Å². The van der Waals surface area contributed by atoms with Gasteiger partial charge in [0.25, 0.3) is 0 Å². The molecule has 0 aromatic heterocycles. The van der Waals surface area contributed by atoms with Gasteiger partial charge in [0.15, 0.2) is 18.2 Å². The Bertz CT molecular complexity index is 1390.